The number of hydrogen-bond donors (Lipinski definition) is 0. The van der Waals surface area contributed by atoms with Crippen LogP contribution in [0.5, 0.6) is 0 Å². The number of benzene rings is 1. The van der Waals surface area contributed by atoms with E-state index in [4.69, 9.17) is 4.43 Å². The summed E-state index contributed by atoms with van der Waals surface area (Å²) in [5.74, 6) is 3.56. The number of rotatable bonds is 6. The van der Waals surface area contributed by atoms with Crippen molar-refractivity contribution in [2.75, 3.05) is 19.0 Å². The quantitative estimate of drug-likeness (QED) is 0.381. The minimum atomic E-state index is -0.647. The fraction of sp³-hybridized carbons (Fsp3) is 0.667. The van der Waals surface area contributed by atoms with Gasteiger partial charge in [-0.25, -0.2) is 0 Å². The van der Waals surface area contributed by atoms with Gasteiger partial charge in [0.2, 0.25) is 0 Å². The Bertz CT molecular complexity index is 1160. The molecule has 0 aliphatic heterocycles. The molecule has 5 aliphatic carbocycles. The maximum absolute atomic E-state index is 12.3. The Morgan fingerprint density at radius 1 is 1.08 bits per heavy atom. The van der Waals surface area contributed by atoms with Gasteiger partial charge in [-0.3, -0.25) is 4.79 Å². The smallest absolute Gasteiger partial charge is 0.168 e. The summed E-state index contributed by atoms with van der Waals surface area (Å²) in [6.45, 7) is 12.2. The Kier molecular flexibility index (Phi) is 6.01. The van der Waals surface area contributed by atoms with Gasteiger partial charge in [0, 0.05) is 32.1 Å². The van der Waals surface area contributed by atoms with Gasteiger partial charge in [-0.2, -0.15) is 0 Å². The predicted molar refractivity (Wildman–Crippen MR) is 156 cm³/mol. The lowest BCUT2D eigenvalue weighted by Gasteiger charge is -2.54. The van der Waals surface area contributed by atoms with E-state index in [1.807, 2.05) is 6.08 Å². The average Bonchev–Trinajstić information content (AvgIpc) is 3.52. The third kappa shape index (κ3) is 3.87. The first-order valence-corrected chi connectivity index (χ1v) is 16.1. The Balaban J connectivity index is 1.41. The highest BCUT2D eigenvalue weighted by molar-refractivity contribution is 6.32. The molecule has 37 heavy (non-hydrogen) atoms. The zero-order valence-corrected chi connectivity index (χ0v) is 25.6. The van der Waals surface area contributed by atoms with Gasteiger partial charge < -0.3 is 9.33 Å². The minimum Gasteiger partial charge on any atom is -0.417 e. The van der Waals surface area contributed by atoms with Crippen LogP contribution in [0.2, 0.25) is 5.04 Å². The zero-order chi connectivity index (χ0) is 26.3. The summed E-state index contributed by atoms with van der Waals surface area (Å²) in [6, 6.07) is 9.38. The van der Waals surface area contributed by atoms with E-state index in [0.29, 0.717) is 35.0 Å². The van der Waals surface area contributed by atoms with Crippen molar-refractivity contribution in [2.24, 2.45) is 29.1 Å². The number of ketones is 1. The summed E-state index contributed by atoms with van der Waals surface area (Å²) in [5.41, 5.74) is 7.72. The molecule has 3 saturated carbocycles. The second-order valence-electron chi connectivity index (χ2n) is 14.4. The lowest BCUT2D eigenvalue weighted by Crippen LogP contribution is -2.49. The van der Waals surface area contributed by atoms with Crippen LogP contribution in [-0.2, 0) is 9.22 Å². The van der Waals surface area contributed by atoms with Crippen molar-refractivity contribution in [1.29, 1.82) is 0 Å². The summed E-state index contributed by atoms with van der Waals surface area (Å²) in [4.78, 5) is 14.5. The standard InChI is InChI=1S/C33H47NO2Si/c1-20(2)31(3,4)37-36-33-18-23(33)17-29-27-14-10-22-16-25(35)13-15-26(22)30(27)28(19-32(29,33)5)21-8-11-24(12-9-21)34(6)7/h8-9,11-12,16,20,23,27-29H,10,13-15,17-19,37H2,1-7H3/t23-,27-,28+,29-,32-,33?/m0/s1. The van der Waals surface area contributed by atoms with Crippen LogP contribution >= 0.6 is 0 Å². The summed E-state index contributed by atoms with van der Waals surface area (Å²) in [7, 11) is 3.59. The third-order valence-corrected chi connectivity index (χ3v) is 14.0. The van der Waals surface area contributed by atoms with E-state index in [9.17, 15) is 4.79 Å². The number of fused-ring (bicyclic) bond motifs is 6. The molecule has 4 heteroatoms. The largest absolute Gasteiger partial charge is 0.417 e. The first-order valence-electron chi connectivity index (χ1n) is 14.8. The van der Waals surface area contributed by atoms with Crippen molar-refractivity contribution in [3.05, 3.63) is 52.6 Å². The monoisotopic (exact) mass is 517 g/mol. The Hall–Kier alpha value is -1.65. The molecule has 0 spiro atoms. The van der Waals surface area contributed by atoms with Gasteiger partial charge >= 0.3 is 0 Å². The highest BCUT2D eigenvalue weighted by Gasteiger charge is 2.75. The number of nitrogens with zero attached hydrogens (tertiary/aromatic N) is 1. The van der Waals surface area contributed by atoms with E-state index in [2.05, 4.69) is 77.9 Å². The number of carbonyl (C=O) groups is 1. The molecule has 0 aromatic heterocycles. The van der Waals surface area contributed by atoms with Crippen molar-refractivity contribution >= 4 is 21.2 Å². The van der Waals surface area contributed by atoms with Gasteiger partial charge in [0.15, 0.2) is 15.5 Å². The van der Waals surface area contributed by atoms with Crippen LogP contribution in [0.25, 0.3) is 0 Å². The van der Waals surface area contributed by atoms with Crippen molar-refractivity contribution in [3.8, 4) is 0 Å². The van der Waals surface area contributed by atoms with Gasteiger partial charge in [0.25, 0.3) is 0 Å². The highest BCUT2D eigenvalue weighted by Crippen LogP contribution is 2.77. The van der Waals surface area contributed by atoms with Gasteiger partial charge in [-0.1, -0.05) is 52.3 Å². The molecule has 0 saturated heterocycles. The fourth-order valence-electron chi connectivity index (χ4n) is 8.64. The van der Waals surface area contributed by atoms with Gasteiger partial charge in [0.1, 0.15) is 0 Å². The van der Waals surface area contributed by atoms with Crippen LogP contribution in [-0.4, -0.2) is 35.2 Å². The zero-order valence-electron chi connectivity index (χ0n) is 24.2. The number of carbonyl (C=O) groups excluding carboxylic acids is 1. The fourth-order valence-corrected chi connectivity index (χ4v) is 10.3. The summed E-state index contributed by atoms with van der Waals surface area (Å²) in [5, 5.41) is 0.332. The van der Waals surface area contributed by atoms with E-state index in [0.717, 1.165) is 24.7 Å². The molecule has 3 nitrogen and oxygen atoms in total. The lowest BCUT2D eigenvalue weighted by molar-refractivity contribution is -0.114. The lowest BCUT2D eigenvalue weighted by atomic mass is 9.51. The molecule has 0 bridgehead atoms. The molecule has 6 rings (SSSR count). The average molecular weight is 518 g/mol. The molecule has 0 heterocycles. The van der Waals surface area contributed by atoms with Crippen LogP contribution in [0, 0.1) is 29.1 Å². The van der Waals surface area contributed by atoms with Crippen LogP contribution in [0.15, 0.2) is 47.1 Å². The first-order chi connectivity index (χ1) is 17.5. The summed E-state index contributed by atoms with van der Waals surface area (Å²) in [6.07, 6.45) is 9.76. The van der Waals surface area contributed by atoms with E-state index < -0.39 is 9.76 Å². The molecule has 3 fully saturated rings. The van der Waals surface area contributed by atoms with Crippen molar-refractivity contribution < 1.29 is 9.22 Å². The SMILES string of the molecule is CC(C)C(C)(C)[SiH2]OC12C[C@@H]1C[C@H]1[C@@H]3CCC4=CC(=O)CCC4=C3[C@@H](c3ccc(N(C)C)cc3)C[C@@]12C. The number of hydrogen-bond acceptors (Lipinski definition) is 3. The molecule has 1 aromatic carbocycles. The normalized spacial score (nSPS) is 36.9. The number of anilines is 1. The maximum atomic E-state index is 12.3. The van der Waals surface area contributed by atoms with E-state index >= 15 is 0 Å². The van der Waals surface area contributed by atoms with Gasteiger partial charge in [-0.05, 0) is 108 Å². The second-order valence-corrected chi connectivity index (χ2v) is 16.8. The first kappa shape index (κ1) is 25.6. The van der Waals surface area contributed by atoms with E-state index in [1.54, 1.807) is 11.1 Å². The molecule has 200 valence electrons. The summed E-state index contributed by atoms with van der Waals surface area (Å²) < 4.78 is 7.26. The Morgan fingerprint density at radius 3 is 2.49 bits per heavy atom. The van der Waals surface area contributed by atoms with E-state index in [-0.39, 0.29) is 11.0 Å². The second kappa shape index (κ2) is 8.68. The maximum Gasteiger partial charge on any atom is 0.168 e. The molecule has 0 radical (unpaired) electrons. The molecule has 1 unspecified atom stereocenters. The van der Waals surface area contributed by atoms with Crippen LogP contribution < -0.4 is 4.90 Å². The molecule has 0 amide bonds. The molecule has 5 aliphatic rings. The minimum absolute atomic E-state index is 0.118. The topological polar surface area (TPSA) is 29.5 Å². The van der Waals surface area contributed by atoms with E-state index in [1.165, 1.54) is 42.5 Å². The van der Waals surface area contributed by atoms with Gasteiger partial charge in [-0.15, -0.1) is 0 Å². The van der Waals surface area contributed by atoms with Crippen molar-refractivity contribution in [1.82, 2.24) is 0 Å². The van der Waals surface area contributed by atoms with Crippen LogP contribution in [0.1, 0.15) is 91.0 Å². The molecular weight excluding hydrogens is 470 g/mol. The summed E-state index contributed by atoms with van der Waals surface area (Å²) >= 11 is 0. The molecular formula is C33H47NO2Si. The third-order valence-electron chi connectivity index (χ3n) is 11.8. The molecule has 6 atom stereocenters. The molecule has 0 N–H and O–H groups in total. The highest BCUT2D eigenvalue weighted by atomic mass is 28.2. The van der Waals surface area contributed by atoms with Crippen LogP contribution in [0.4, 0.5) is 5.69 Å². The Morgan fingerprint density at radius 2 is 1.81 bits per heavy atom. The van der Waals surface area contributed by atoms with Crippen molar-refractivity contribution in [3.63, 3.8) is 0 Å². The van der Waals surface area contributed by atoms with Crippen LogP contribution in [0.3, 0.4) is 0 Å². The molecule has 1 aromatic rings. The van der Waals surface area contributed by atoms with Crippen molar-refractivity contribution in [2.45, 2.75) is 96.1 Å². The van der Waals surface area contributed by atoms with Gasteiger partial charge in [0.05, 0.1) is 5.60 Å². The number of allylic oxidation sites excluding steroid dienone is 4. The Labute approximate surface area is 227 Å². The predicted octanol–water partition coefficient (Wildman–Crippen LogP) is 6.98.